The summed E-state index contributed by atoms with van der Waals surface area (Å²) < 4.78 is 14.6. The molecule has 0 N–H and O–H groups in total. The van der Waals surface area contributed by atoms with Crippen LogP contribution < -0.4 is 4.90 Å². The Morgan fingerprint density at radius 1 is 1.19 bits per heavy atom. The number of piperidine rings is 1. The summed E-state index contributed by atoms with van der Waals surface area (Å²) >= 11 is 1.44. The number of thiazole rings is 1. The molecule has 0 radical (unpaired) electrons. The zero-order valence-corrected chi connectivity index (χ0v) is 19.0. The van der Waals surface area contributed by atoms with Crippen LogP contribution in [0.2, 0.25) is 0 Å². The molecule has 2 aromatic heterocycles. The van der Waals surface area contributed by atoms with E-state index < -0.39 is 0 Å². The molecule has 1 aromatic carbocycles. The predicted octanol–water partition coefficient (Wildman–Crippen LogP) is 4.44. The summed E-state index contributed by atoms with van der Waals surface area (Å²) in [6.45, 7) is 5.03. The van der Waals surface area contributed by atoms with Crippen molar-refractivity contribution in [1.29, 1.82) is 0 Å². The number of amides is 1. The largest absolute Gasteiger partial charge is 0.347 e. The SMILES string of the molecule is Cc1nc(C)c(C(=O)N2CCC[C@H](c3nc(N(C)C)ncc3-c3ccccc3F)C2)s1. The van der Waals surface area contributed by atoms with Crippen LogP contribution in [0.4, 0.5) is 10.3 Å². The van der Waals surface area contributed by atoms with Gasteiger partial charge in [0, 0.05) is 50.4 Å². The van der Waals surface area contributed by atoms with Crippen molar-refractivity contribution in [3.8, 4) is 11.1 Å². The van der Waals surface area contributed by atoms with Crippen LogP contribution in [0, 0.1) is 19.7 Å². The first-order valence-corrected chi connectivity index (χ1v) is 11.2. The van der Waals surface area contributed by atoms with Gasteiger partial charge in [0.15, 0.2) is 0 Å². The summed E-state index contributed by atoms with van der Waals surface area (Å²) in [5, 5.41) is 0.891. The lowest BCUT2D eigenvalue weighted by atomic mass is 9.89. The van der Waals surface area contributed by atoms with E-state index in [1.54, 1.807) is 18.3 Å². The third-order valence-electron chi connectivity index (χ3n) is 5.56. The summed E-state index contributed by atoms with van der Waals surface area (Å²) in [6.07, 6.45) is 3.45. The Morgan fingerprint density at radius 3 is 2.65 bits per heavy atom. The number of nitrogens with zero attached hydrogens (tertiary/aromatic N) is 5. The number of hydrogen-bond donors (Lipinski definition) is 0. The highest BCUT2D eigenvalue weighted by Gasteiger charge is 2.30. The van der Waals surface area contributed by atoms with Crippen molar-refractivity contribution < 1.29 is 9.18 Å². The molecular weight excluding hydrogens is 413 g/mol. The van der Waals surface area contributed by atoms with E-state index in [1.165, 1.54) is 17.4 Å². The van der Waals surface area contributed by atoms with E-state index in [0.29, 0.717) is 35.0 Å². The smallest absolute Gasteiger partial charge is 0.265 e. The number of aryl methyl sites for hydroxylation is 2. The maximum absolute atomic E-state index is 14.6. The normalized spacial score (nSPS) is 16.4. The van der Waals surface area contributed by atoms with E-state index in [9.17, 15) is 9.18 Å². The first kappa shape index (κ1) is 21.4. The van der Waals surface area contributed by atoms with Gasteiger partial charge in [0.2, 0.25) is 5.95 Å². The highest BCUT2D eigenvalue weighted by Crippen LogP contribution is 2.35. The molecule has 1 saturated heterocycles. The second-order valence-corrected chi connectivity index (χ2v) is 9.28. The third-order valence-corrected chi connectivity index (χ3v) is 6.62. The molecule has 4 rings (SSSR count). The Hall–Kier alpha value is -2.87. The Bertz CT molecular complexity index is 1110. The minimum Gasteiger partial charge on any atom is -0.347 e. The van der Waals surface area contributed by atoms with Gasteiger partial charge in [-0.1, -0.05) is 18.2 Å². The van der Waals surface area contributed by atoms with E-state index >= 15 is 0 Å². The molecule has 1 atom stereocenters. The standard InChI is InChI=1S/C23H26FN5OS/c1-14-21(31-15(2)26-14)22(30)29-11-7-8-16(13-29)20-18(12-25-23(27-20)28(3)4)17-9-5-6-10-19(17)24/h5-6,9-10,12,16H,7-8,11,13H2,1-4H3/t16-/m0/s1. The van der Waals surface area contributed by atoms with E-state index in [1.807, 2.05) is 43.8 Å². The number of carbonyl (C=O) groups is 1. The molecule has 0 spiro atoms. The van der Waals surface area contributed by atoms with Gasteiger partial charge in [-0.25, -0.2) is 19.3 Å². The summed E-state index contributed by atoms with van der Waals surface area (Å²) in [6, 6.07) is 6.69. The zero-order valence-electron chi connectivity index (χ0n) is 18.2. The van der Waals surface area contributed by atoms with Crippen LogP contribution in [0.15, 0.2) is 30.5 Å². The summed E-state index contributed by atoms with van der Waals surface area (Å²) in [5.41, 5.74) is 2.74. The number of aromatic nitrogens is 3. The molecular formula is C23H26FN5OS. The molecule has 6 nitrogen and oxygen atoms in total. The molecule has 31 heavy (non-hydrogen) atoms. The second kappa shape index (κ2) is 8.70. The molecule has 0 aliphatic carbocycles. The lowest BCUT2D eigenvalue weighted by Crippen LogP contribution is -2.39. The van der Waals surface area contributed by atoms with Gasteiger partial charge in [-0.3, -0.25) is 4.79 Å². The molecule has 0 unspecified atom stereocenters. The van der Waals surface area contributed by atoms with Crippen molar-refractivity contribution in [2.75, 3.05) is 32.1 Å². The quantitative estimate of drug-likeness (QED) is 0.601. The van der Waals surface area contributed by atoms with Gasteiger partial charge in [-0.05, 0) is 32.8 Å². The molecule has 3 aromatic rings. The Kier molecular flexibility index (Phi) is 6.00. The number of rotatable bonds is 4. The fraction of sp³-hybridized carbons (Fsp3) is 0.391. The first-order valence-electron chi connectivity index (χ1n) is 10.4. The zero-order chi connectivity index (χ0) is 22.1. The highest BCUT2D eigenvalue weighted by atomic mass is 32.1. The van der Waals surface area contributed by atoms with Crippen molar-refractivity contribution in [2.24, 2.45) is 0 Å². The average molecular weight is 440 g/mol. The van der Waals surface area contributed by atoms with Crippen molar-refractivity contribution in [3.05, 3.63) is 57.6 Å². The van der Waals surface area contributed by atoms with E-state index in [0.717, 1.165) is 29.2 Å². The van der Waals surface area contributed by atoms with Gasteiger partial charge in [-0.2, -0.15) is 0 Å². The predicted molar refractivity (Wildman–Crippen MR) is 121 cm³/mol. The van der Waals surface area contributed by atoms with Crippen LogP contribution >= 0.6 is 11.3 Å². The van der Waals surface area contributed by atoms with Crippen LogP contribution in [-0.4, -0.2) is 52.9 Å². The van der Waals surface area contributed by atoms with E-state index in [2.05, 4.69) is 9.97 Å². The molecule has 0 bridgehead atoms. The van der Waals surface area contributed by atoms with E-state index in [4.69, 9.17) is 4.98 Å². The van der Waals surface area contributed by atoms with Gasteiger partial charge in [0.05, 0.1) is 16.4 Å². The molecule has 1 amide bonds. The van der Waals surface area contributed by atoms with Gasteiger partial charge in [0.1, 0.15) is 10.7 Å². The molecule has 1 fully saturated rings. The number of likely N-dealkylation sites (tertiary alicyclic amines) is 1. The molecule has 1 aliphatic heterocycles. The topological polar surface area (TPSA) is 62.2 Å². The monoisotopic (exact) mass is 439 g/mol. The maximum atomic E-state index is 14.6. The van der Waals surface area contributed by atoms with Crippen LogP contribution in [-0.2, 0) is 0 Å². The second-order valence-electron chi connectivity index (χ2n) is 8.08. The number of anilines is 1. The maximum Gasteiger partial charge on any atom is 0.265 e. The first-order chi connectivity index (χ1) is 14.8. The van der Waals surface area contributed by atoms with Gasteiger partial charge >= 0.3 is 0 Å². The molecule has 1 aliphatic rings. The van der Waals surface area contributed by atoms with Crippen LogP contribution in [0.5, 0.6) is 0 Å². The van der Waals surface area contributed by atoms with Gasteiger partial charge in [0.25, 0.3) is 5.91 Å². The Morgan fingerprint density at radius 2 is 1.97 bits per heavy atom. The van der Waals surface area contributed by atoms with E-state index in [-0.39, 0.29) is 17.6 Å². The lowest BCUT2D eigenvalue weighted by molar-refractivity contribution is 0.0710. The van der Waals surface area contributed by atoms with Crippen molar-refractivity contribution in [1.82, 2.24) is 19.9 Å². The Balaban J connectivity index is 1.70. The van der Waals surface area contributed by atoms with Crippen LogP contribution in [0.3, 0.4) is 0 Å². The number of hydrogen-bond acceptors (Lipinski definition) is 6. The summed E-state index contributed by atoms with van der Waals surface area (Å²) in [5.74, 6) is 0.294. The number of benzene rings is 1. The fourth-order valence-corrected chi connectivity index (χ4v) is 4.94. The highest BCUT2D eigenvalue weighted by molar-refractivity contribution is 7.13. The summed E-state index contributed by atoms with van der Waals surface area (Å²) in [7, 11) is 3.76. The molecule has 3 heterocycles. The van der Waals surface area contributed by atoms with Crippen LogP contribution in [0.25, 0.3) is 11.1 Å². The van der Waals surface area contributed by atoms with Crippen LogP contribution in [0.1, 0.15) is 44.8 Å². The summed E-state index contributed by atoms with van der Waals surface area (Å²) in [4.78, 5) is 31.2. The molecule has 0 saturated carbocycles. The van der Waals surface area contributed by atoms with Crippen molar-refractivity contribution >= 4 is 23.2 Å². The average Bonchev–Trinajstić information content (AvgIpc) is 3.11. The lowest BCUT2D eigenvalue weighted by Gasteiger charge is -2.33. The van der Waals surface area contributed by atoms with Gasteiger partial charge < -0.3 is 9.80 Å². The number of halogens is 1. The Labute approximate surface area is 185 Å². The van der Waals surface area contributed by atoms with Gasteiger partial charge in [-0.15, -0.1) is 11.3 Å². The van der Waals surface area contributed by atoms with Crippen molar-refractivity contribution in [2.45, 2.75) is 32.6 Å². The van der Waals surface area contributed by atoms with Crippen molar-refractivity contribution in [3.63, 3.8) is 0 Å². The molecule has 162 valence electrons. The fourth-order valence-electron chi connectivity index (χ4n) is 4.06. The minimum absolute atomic E-state index is 0.00308. The molecule has 8 heteroatoms. The third kappa shape index (κ3) is 4.30. The minimum atomic E-state index is -0.301. The number of carbonyl (C=O) groups excluding carboxylic acids is 1.